The van der Waals surface area contributed by atoms with Crippen LogP contribution < -0.4 is 85.9 Å². The van der Waals surface area contributed by atoms with Gasteiger partial charge in [-0.05, 0) is 25.2 Å². The quantitative estimate of drug-likeness (QED) is 0.179. The fourth-order valence-electron chi connectivity index (χ4n) is 1.76. The van der Waals surface area contributed by atoms with E-state index in [0.29, 0.717) is 18.3 Å². The predicted molar refractivity (Wildman–Crippen MR) is 88.8 cm³/mol. The first-order valence-electron chi connectivity index (χ1n) is 7.14. The van der Waals surface area contributed by atoms with Crippen molar-refractivity contribution in [1.82, 2.24) is 9.97 Å². The Bertz CT molecular complexity index is 409. The van der Waals surface area contributed by atoms with E-state index < -0.39 is 0 Å². The number of nitrogen functional groups attached to an aromatic ring is 1. The molecule has 1 unspecified atom stereocenters. The van der Waals surface area contributed by atoms with Gasteiger partial charge in [-0.3, -0.25) is 10.4 Å². The van der Waals surface area contributed by atoms with Crippen LogP contribution in [0.4, 0.5) is 17.6 Å². The monoisotopic (exact) mass is 380 g/mol. The van der Waals surface area contributed by atoms with Crippen molar-refractivity contribution >= 4 is 24.3 Å². The maximum absolute atomic E-state index is 6.05. The standard InChI is InChI=1S/C11H21N8.C2H6.Rb/c1-3-4-8(5-6-12)19(14)11-16-9(13)7-10(17-11)18-15-2;1-2;/h8H,2-6,12,14H2,1H3,(H3,13,16,17,18);1-2H3;/q-1;;+1. The summed E-state index contributed by atoms with van der Waals surface area (Å²) in [4.78, 5) is 8.25. The molecule has 1 aromatic heterocycles. The topological polar surface area (TPSA) is 131 Å². The van der Waals surface area contributed by atoms with E-state index in [2.05, 4.69) is 40.2 Å². The molecule has 0 amide bonds. The summed E-state index contributed by atoms with van der Waals surface area (Å²) in [6.07, 6.45) is 2.65. The molecule has 1 heterocycles. The van der Waals surface area contributed by atoms with Crippen LogP contribution in [-0.4, -0.2) is 29.3 Å². The number of aromatic nitrogens is 2. The van der Waals surface area contributed by atoms with Gasteiger partial charge in [0.05, 0.1) is 0 Å². The van der Waals surface area contributed by atoms with E-state index in [0.717, 1.165) is 19.3 Å². The maximum atomic E-state index is 6.05. The van der Waals surface area contributed by atoms with Crippen LogP contribution in [-0.2, 0) is 0 Å². The zero-order valence-corrected chi connectivity index (χ0v) is 19.0. The molecule has 9 heteroatoms. The minimum absolute atomic E-state index is 0. The molecule has 0 spiro atoms. The van der Waals surface area contributed by atoms with Gasteiger partial charge in [-0.2, -0.15) is 5.10 Å². The summed E-state index contributed by atoms with van der Waals surface area (Å²) in [6, 6.07) is 2.78. The molecule has 0 aliphatic carbocycles. The molecule has 0 bridgehead atoms. The van der Waals surface area contributed by atoms with Gasteiger partial charge < -0.3 is 17.5 Å². The molecule has 0 aromatic carbocycles. The Morgan fingerprint density at radius 3 is 2.50 bits per heavy atom. The number of hydrogen-bond donors (Lipinski definition) is 4. The molecule has 1 rings (SSSR count). The molecule has 0 saturated carbocycles. The minimum atomic E-state index is 0. The van der Waals surface area contributed by atoms with Crippen molar-refractivity contribution < 1.29 is 58.2 Å². The number of nitrogens with one attached hydrogen (secondary N) is 1. The van der Waals surface area contributed by atoms with Crippen LogP contribution in [0.3, 0.4) is 0 Å². The summed E-state index contributed by atoms with van der Waals surface area (Å²) >= 11 is 0. The Morgan fingerprint density at radius 2 is 2.00 bits per heavy atom. The van der Waals surface area contributed by atoms with Gasteiger partial charge in [-0.15, -0.1) is 0 Å². The Kier molecular flexibility index (Phi) is 15.9. The second kappa shape index (κ2) is 14.5. The van der Waals surface area contributed by atoms with Crippen molar-refractivity contribution in [2.24, 2.45) is 16.7 Å². The van der Waals surface area contributed by atoms with Crippen molar-refractivity contribution in [2.75, 3.05) is 22.7 Å². The molecule has 22 heavy (non-hydrogen) atoms. The number of hydrazine groups is 1. The first-order valence-corrected chi connectivity index (χ1v) is 7.14. The third kappa shape index (κ3) is 8.49. The van der Waals surface area contributed by atoms with Crippen molar-refractivity contribution in [3.63, 3.8) is 0 Å². The van der Waals surface area contributed by atoms with Crippen molar-refractivity contribution in [3.8, 4) is 0 Å². The largest absolute Gasteiger partial charge is 1.00 e. The molecule has 120 valence electrons. The summed E-state index contributed by atoms with van der Waals surface area (Å²) in [5.41, 5.74) is 13.8. The summed E-state index contributed by atoms with van der Waals surface area (Å²) in [5.74, 6) is 6.89. The number of anilines is 3. The molecule has 8 nitrogen and oxygen atoms in total. The van der Waals surface area contributed by atoms with Gasteiger partial charge in [0.15, 0.2) is 0 Å². The molecule has 0 aliphatic heterocycles. The SMILES string of the molecule is C=NNc1[c-]c(N)nc(N(N)C(CCC)CCN)n1.CC.[Rb+]. The number of hydrazone groups is 1. The summed E-state index contributed by atoms with van der Waals surface area (Å²) in [5, 5.41) is 5.00. The molecule has 1 atom stereocenters. The fraction of sp³-hybridized carbons (Fsp3) is 0.615. The van der Waals surface area contributed by atoms with Gasteiger partial charge in [-0.1, -0.05) is 33.0 Å². The van der Waals surface area contributed by atoms with Gasteiger partial charge in [0.2, 0.25) is 5.95 Å². The van der Waals surface area contributed by atoms with Crippen LogP contribution in [0.15, 0.2) is 5.10 Å². The first kappa shape index (κ1) is 24.1. The third-order valence-corrected chi connectivity index (χ3v) is 2.61. The second-order valence-corrected chi connectivity index (χ2v) is 4.08. The van der Waals surface area contributed by atoms with Crippen molar-refractivity contribution in [2.45, 2.75) is 46.1 Å². The van der Waals surface area contributed by atoms with Crippen LogP contribution in [0, 0.1) is 6.07 Å². The molecular formula is C13H27N8Rb. The average Bonchev–Trinajstić information content (AvgIpc) is 2.48. The molecule has 7 N–H and O–H groups in total. The summed E-state index contributed by atoms with van der Waals surface area (Å²) < 4.78 is 0. The van der Waals surface area contributed by atoms with Crippen LogP contribution in [0.2, 0.25) is 0 Å². The van der Waals surface area contributed by atoms with E-state index in [4.69, 9.17) is 17.3 Å². The Morgan fingerprint density at radius 1 is 1.36 bits per heavy atom. The van der Waals surface area contributed by atoms with E-state index in [1.165, 1.54) is 5.01 Å². The van der Waals surface area contributed by atoms with Crippen molar-refractivity contribution in [3.05, 3.63) is 6.07 Å². The number of hydrogen-bond acceptors (Lipinski definition) is 8. The second-order valence-electron chi connectivity index (χ2n) is 4.08. The van der Waals surface area contributed by atoms with Crippen LogP contribution in [0.1, 0.15) is 40.0 Å². The molecule has 1 aromatic rings. The average molecular weight is 381 g/mol. The first-order chi connectivity index (χ1) is 10.1. The number of rotatable bonds is 8. The number of nitrogens with zero attached hydrogens (tertiary/aromatic N) is 4. The van der Waals surface area contributed by atoms with E-state index in [1.807, 2.05) is 13.8 Å². The molecule has 0 saturated heterocycles. The van der Waals surface area contributed by atoms with Gasteiger partial charge in [0.1, 0.15) is 0 Å². The Labute approximate surface area is 182 Å². The third-order valence-electron chi connectivity index (χ3n) is 2.61. The van der Waals surface area contributed by atoms with E-state index in [-0.39, 0.29) is 70.0 Å². The molecular weight excluding hydrogens is 354 g/mol. The van der Waals surface area contributed by atoms with E-state index in [9.17, 15) is 0 Å². The fourth-order valence-corrected chi connectivity index (χ4v) is 1.76. The normalized spacial score (nSPS) is 10.6. The van der Waals surface area contributed by atoms with E-state index >= 15 is 0 Å². The Hall–Kier alpha value is -0.125. The smallest absolute Gasteiger partial charge is 0.413 e. The molecule has 0 radical (unpaired) electrons. The summed E-state index contributed by atoms with van der Waals surface area (Å²) in [7, 11) is 0. The minimum Gasteiger partial charge on any atom is -0.413 e. The van der Waals surface area contributed by atoms with Gasteiger partial charge in [-0.25, -0.2) is 15.8 Å². The Balaban J connectivity index is 0. The van der Waals surface area contributed by atoms with E-state index in [1.54, 1.807) is 0 Å². The zero-order valence-electron chi connectivity index (χ0n) is 14.1. The molecule has 0 aliphatic rings. The van der Waals surface area contributed by atoms with Gasteiger partial charge >= 0.3 is 58.2 Å². The molecule has 0 fully saturated rings. The van der Waals surface area contributed by atoms with Crippen molar-refractivity contribution in [1.29, 1.82) is 0 Å². The van der Waals surface area contributed by atoms with Gasteiger partial charge in [0.25, 0.3) is 0 Å². The van der Waals surface area contributed by atoms with Gasteiger partial charge in [0, 0.05) is 12.8 Å². The predicted octanol–water partition coefficient (Wildman–Crippen LogP) is -1.89. The van der Waals surface area contributed by atoms with Crippen LogP contribution in [0.25, 0.3) is 0 Å². The number of nitrogens with two attached hydrogens (primary N) is 3. The summed E-state index contributed by atoms with van der Waals surface area (Å²) in [6.45, 7) is 9.94. The maximum Gasteiger partial charge on any atom is 1.00 e. The van der Waals surface area contributed by atoms with Crippen LogP contribution >= 0.6 is 0 Å². The van der Waals surface area contributed by atoms with Crippen LogP contribution in [0.5, 0.6) is 0 Å². The zero-order chi connectivity index (χ0) is 16.3.